The average Bonchev–Trinajstić information content (AvgIpc) is 3.20. The van der Waals surface area contributed by atoms with Gasteiger partial charge in [0.25, 0.3) is 5.69 Å². The number of hydrogen-bond donors (Lipinski definition) is 0. The summed E-state index contributed by atoms with van der Waals surface area (Å²) in [4.78, 5) is 31.8. The molecule has 0 radical (unpaired) electrons. The van der Waals surface area contributed by atoms with E-state index in [4.69, 9.17) is 4.74 Å². The third-order valence-electron chi connectivity index (χ3n) is 5.14. The number of nitro benzene ring substituents is 1. The molecular formula is C21H21FN4O4S. The first kappa shape index (κ1) is 21.3. The zero-order valence-electron chi connectivity index (χ0n) is 16.7. The summed E-state index contributed by atoms with van der Waals surface area (Å²) in [6, 6.07) is 10.7. The summed E-state index contributed by atoms with van der Waals surface area (Å²) in [6.07, 6.45) is 0.0690. The van der Waals surface area contributed by atoms with Crippen LogP contribution < -0.4 is 4.90 Å². The van der Waals surface area contributed by atoms with Gasteiger partial charge in [-0.1, -0.05) is 29.5 Å². The molecule has 0 spiro atoms. The Morgan fingerprint density at radius 1 is 1.23 bits per heavy atom. The molecule has 0 N–H and O–H groups in total. The second-order valence-corrected chi connectivity index (χ2v) is 8.19. The topological polar surface area (TPSA) is 88.8 Å². The molecule has 0 aliphatic carbocycles. The maximum Gasteiger partial charge on any atom is 0.269 e. The number of non-ortho nitro benzene ring substituents is 1. The normalized spacial score (nSPS) is 14.6. The fourth-order valence-corrected chi connectivity index (χ4v) is 4.44. The highest BCUT2D eigenvalue weighted by molar-refractivity contribution is 7.22. The molecule has 31 heavy (non-hydrogen) atoms. The molecule has 8 nitrogen and oxygen atoms in total. The molecule has 1 amide bonds. The number of rotatable bonds is 7. The third-order valence-corrected chi connectivity index (χ3v) is 6.18. The van der Waals surface area contributed by atoms with Gasteiger partial charge in [-0.25, -0.2) is 9.37 Å². The van der Waals surface area contributed by atoms with Crippen molar-refractivity contribution in [1.29, 1.82) is 0 Å². The molecule has 2 aromatic carbocycles. The van der Waals surface area contributed by atoms with Crippen molar-refractivity contribution in [3.8, 4) is 0 Å². The molecule has 3 aromatic rings. The Balaban J connectivity index is 1.56. The Bertz CT molecular complexity index is 1080. The van der Waals surface area contributed by atoms with Gasteiger partial charge in [-0.3, -0.25) is 24.7 Å². The van der Waals surface area contributed by atoms with Crippen LogP contribution in [0.1, 0.15) is 5.56 Å². The van der Waals surface area contributed by atoms with Crippen molar-refractivity contribution in [2.75, 3.05) is 44.3 Å². The van der Waals surface area contributed by atoms with Crippen LogP contribution in [-0.4, -0.2) is 60.1 Å². The van der Waals surface area contributed by atoms with Crippen LogP contribution in [0, 0.1) is 15.9 Å². The molecule has 4 rings (SSSR count). The van der Waals surface area contributed by atoms with Crippen molar-refractivity contribution >= 4 is 38.3 Å². The monoisotopic (exact) mass is 444 g/mol. The molecule has 1 saturated heterocycles. The molecule has 0 saturated carbocycles. The summed E-state index contributed by atoms with van der Waals surface area (Å²) in [5, 5.41) is 11.3. The Hall–Kier alpha value is -2.95. The number of para-hydroxylation sites is 1. The van der Waals surface area contributed by atoms with Gasteiger partial charge in [0, 0.05) is 38.3 Å². The predicted octanol–water partition coefficient (Wildman–Crippen LogP) is 3.25. The SMILES string of the molecule is O=C(Cc1ccc([N+](=O)[O-])cc1)N(CCN1CCOCC1)c1nc2c(F)cccc2s1. The summed E-state index contributed by atoms with van der Waals surface area (Å²) in [5.74, 6) is -0.613. The van der Waals surface area contributed by atoms with Gasteiger partial charge in [0.2, 0.25) is 5.91 Å². The molecule has 0 unspecified atom stereocenters. The predicted molar refractivity (Wildman–Crippen MR) is 116 cm³/mol. The van der Waals surface area contributed by atoms with Crippen LogP contribution in [0.25, 0.3) is 10.2 Å². The lowest BCUT2D eigenvalue weighted by Gasteiger charge is -2.29. The van der Waals surface area contributed by atoms with Crippen LogP contribution in [0.4, 0.5) is 15.2 Å². The molecule has 0 atom stereocenters. The van der Waals surface area contributed by atoms with Crippen molar-refractivity contribution in [2.24, 2.45) is 0 Å². The van der Waals surface area contributed by atoms with E-state index in [9.17, 15) is 19.3 Å². The number of amides is 1. The van der Waals surface area contributed by atoms with Crippen LogP contribution >= 0.6 is 11.3 Å². The van der Waals surface area contributed by atoms with Gasteiger partial charge in [-0.15, -0.1) is 0 Å². The lowest BCUT2D eigenvalue weighted by molar-refractivity contribution is -0.384. The number of anilines is 1. The summed E-state index contributed by atoms with van der Waals surface area (Å²) < 4.78 is 20.2. The third kappa shape index (κ3) is 5.04. The van der Waals surface area contributed by atoms with Crippen molar-refractivity contribution in [1.82, 2.24) is 9.88 Å². The number of nitro groups is 1. The van der Waals surface area contributed by atoms with Gasteiger partial charge in [-0.2, -0.15) is 0 Å². The number of halogens is 1. The molecule has 2 heterocycles. The van der Waals surface area contributed by atoms with E-state index in [0.29, 0.717) is 41.7 Å². The highest BCUT2D eigenvalue weighted by Gasteiger charge is 2.23. The average molecular weight is 444 g/mol. The van der Waals surface area contributed by atoms with Gasteiger partial charge in [0.05, 0.1) is 29.3 Å². The number of benzene rings is 2. The molecule has 1 aromatic heterocycles. The maximum atomic E-state index is 14.2. The first-order valence-corrected chi connectivity index (χ1v) is 10.7. The van der Waals surface area contributed by atoms with E-state index in [2.05, 4.69) is 9.88 Å². The number of carbonyl (C=O) groups excluding carboxylic acids is 1. The Morgan fingerprint density at radius 2 is 1.97 bits per heavy atom. The van der Waals surface area contributed by atoms with E-state index in [1.807, 2.05) is 0 Å². The second kappa shape index (κ2) is 9.46. The van der Waals surface area contributed by atoms with E-state index in [1.165, 1.54) is 29.5 Å². The number of fused-ring (bicyclic) bond motifs is 1. The fraction of sp³-hybridized carbons (Fsp3) is 0.333. The first-order chi connectivity index (χ1) is 15.0. The van der Waals surface area contributed by atoms with Crippen LogP contribution in [0.5, 0.6) is 0 Å². The minimum absolute atomic E-state index is 0.0259. The molecule has 162 valence electrons. The molecule has 10 heteroatoms. The first-order valence-electron chi connectivity index (χ1n) is 9.90. The Morgan fingerprint density at radius 3 is 2.65 bits per heavy atom. The Kier molecular flexibility index (Phi) is 6.50. The summed E-state index contributed by atoms with van der Waals surface area (Å²) in [7, 11) is 0. The summed E-state index contributed by atoms with van der Waals surface area (Å²) in [5.41, 5.74) is 0.892. The van der Waals surface area contributed by atoms with Gasteiger partial charge in [0.15, 0.2) is 5.13 Å². The highest BCUT2D eigenvalue weighted by Crippen LogP contribution is 2.30. The number of hydrogen-bond acceptors (Lipinski definition) is 7. The zero-order valence-corrected chi connectivity index (χ0v) is 17.5. The maximum absolute atomic E-state index is 14.2. The number of carbonyl (C=O) groups is 1. The van der Waals surface area contributed by atoms with Gasteiger partial charge >= 0.3 is 0 Å². The molecule has 1 aliphatic heterocycles. The highest BCUT2D eigenvalue weighted by atomic mass is 32.1. The van der Waals surface area contributed by atoms with Gasteiger partial charge < -0.3 is 4.74 Å². The molecule has 1 fully saturated rings. The minimum Gasteiger partial charge on any atom is -0.379 e. The van der Waals surface area contributed by atoms with Crippen molar-refractivity contribution in [3.05, 3.63) is 64.0 Å². The van der Waals surface area contributed by atoms with Crippen molar-refractivity contribution in [3.63, 3.8) is 0 Å². The summed E-state index contributed by atoms with van der Waals surface area (Å²) >= 11 is 1.27. The summed E-state index contributed by atoms with van der Waals surface area (Å²) in [6.45, 7) is 3.95. The Labute approximate surface area is 182 Å². The van der Waals surface area contributed by atoms with E-state index in [-0.39, 0.29) is 23.5 Å². The lowest BCUT2D eigenvalue weighted by Crippen LogP contribution is -2.43. The number of thiazole rings is 1. The zero-order chi connectivity index (χ0) is 21.8. The smallest absolute Gasteiger partial charge is 0.269 e. The lowest BCUT2D eigenvalue weighted by atomic mass is 10.1. The van der Waals surface area contributed by atoms with Gasteiger partial charge in [-0.05, 0) is 17.7 Å². The van der Waals surface area contributed by atoms with Crippen LogP contribution in [0.15, 0.2) is 42.5 Å². The molecular weight excluding hydrogens is 423 g/mol. The fourth-order valence-electron chi connectivity index (χ4n) is 3.42. The van der Waals surface area contributed by atoms with Gasteiger partial charge in [0.1, 0.15) is 11.3 Å². The number of ether oxygens (including phenoxy) is 1. The van der Waals surface area contributed by atoms with Crippen LogP contribution in [-0.2, 0) is 16.0 Å². The number of morpholine rings is 1. The number of aromatic nitrogens is 1. The molecule has 0 bridgehead atoms. The van der Waals surface area contributed by atoms with E-state index >= 15 is 0 Å². The van der Waals surface area contributed by atoms with E-state index in [0.717, 1.165) is 13.1 Å². The second-order valence-electron chi connectivity index (χ2n) is 7.18. The van der Waals surface area contributed by atoms with E-state index in [1.54, 1.807) is 29.2 Å². The van der Waals surface area contributed by atoms with E-state index < -0.39 is 10.7 Å². The molecule has 1 aliphatic rings. The standard InChI is InChI=1S/C21H21FN4O4S/c22-17-2-1-3-18-20(17)23-21(31-18)25(9-8-24-10-12-30-13-11-24)19(27)14-15-4-6-16(7-5-15)26(28)29/h1-7H,8-14H2. The number of nitrogens with zero attached hydrogens (tertiary/aromatic N) is 4. The largest absolute Gasteiger partial charge is 0.379 e. The van der Waals surface area contributed by atoms with Crippen LogP contribution in [0.2, 0.25) is 0 Å². The van der Waals surface area contributed by atoms with Crippen LogP contribution in [0.3, 0.4) is 0 Å². The minimum atomic E-state index is -0.476. The van der Waals surface area contributed by atoms with Crippen molar-refractivity contribution in [2.45, 2.75) is 6.42 Å². The van der Waals surface area contributed by atoms with Crippen molar-refractivity contribution < 1.29 is 18.8 Å². The quantitative estimate of drug-likeness (QED) is 0.411.